The number of nitrogens with zero attached hydrogens (tertiary/aromatic N) is 1. The number of ether oxygens (including phenoxy) is 1. The molecule has 1 unspecified atom stereocenters. The third-order valence-electron chi connectivity index (χ3n) is 4.28. The summed E-state index contributed by atoms with van der Waals surface area (Å²) >= 11 is 0.185. The summed E-state index contributed by atoms with van der Waals surface area (Å²) in [6.07, 6.45) is 0.972. The van der Waals surface area contributed by atoms with Crippen LogP contribution in [0.1, 0.15) is 42.7 Å². The van der Waals surface area contributed by atoms with Crippen LogP contribution in [0.25, 0.3) is 0 Å². The Kier molecular flexibility index (Phi) is 9.27. The maximum absolute atomic E-state index is 12.4. The van der Waals surface area contributed by atoms with Crippen molar-refractivity contribution in [2.75, 3.05) is 13.2 Å². The highest BCUT2D eigenvalue weighted by molar-refractivity contribution is 7.99. The molecule has 1 atom stereocenters. The fraction of sp³-hybridized carbons (Fsp3) is 0.450. The van der Waals surface area contributed by atoms with E-state index in [2.05, 4.69) is 15.3 Å². The number of amides is 1. The second-order valence-electron chi connectivity index (χ2n) is 6.44. The number of carbonyl (C=O) groups excluding carboxylic acids is 1. The largest absolute Gasteiger partial charge is 0.374 e. The van der Waals surface area contributed by atoms with E-state index in [9.17, 15) is 18.4 Å². The third-order valence-corrected chi connectivity index (χ3v) is 4.88. The molecule has 2 aromatic rings. The molecule has 0 saturated heterocycles. The summed E-state index contributed by atoms with van der Waals surface area (Å²) in [7, 11) is 0. The van der Waals surface area contributed by atoms with Crippen LogP contribution in [-0.2, 0) is 16.0 Å². The van der Waals surface area contributed by atoms with Gasteiger partial charge in [-0.15, -0.1) is 0 Å². The molecule has 2 rings (SSSR count). The molecule has 1 amide bonds. The summed E-state index contributed by atoms with van der Waals surface area (Å²) in [6, 6.07) is 9.88. The zero-order valence-corrected chi connectivity index (χ0v) is 17.2. The van der Waals surface area contributed by atoms with E-state index < -0.39 is 11.3 Å². The monoisotopic (exact) mass is 425 g/mol. The number of carbonyl (C=O) groups is 1. The fourth-order valence-electron chi connectivity index (χ4n) is 2.73. The quantitative estimate of drug-likeness (QED) is 0.326. The molecule has 6 nitrogen and oxygen atoms in total. The number of aryl methyl sites for hydroxylation is 1. The minimum absolute atomic E-state index is 0.0136. The van der Waals surface area contributed by atoms with Crippen molar-refractivity contribution in [1.29, 1.82) is 0 Å². The van der Waals surface area contributed by atoms with Gasteiger partial charge in [-0.05, 0) is 44.0 Å². The Balaban J connectivity index is 1.69. The Morgan fingerprint density at radius 2 is 2.03 bits per heavy atom. The SMILES string of the molecule is Cc1nc(SC(F)F)[nH]c(=O)c1CCC(=O)NCCCOC(C)c1ccccc1. The number of hydrogen-bond donors (Lipinski definition) is 2. The molecule has 1 aromatic carbocycles. The molecular formula is C20H25F2N3O3S. The van der Waals surface area contributed by atoms with Gasteiger partial charge in [-0.25, -0.2) is 4.98 Å². The molecule has 2 N–H and O–H groups in total. The van der Waals surface area contributed by atoms with E-state index in [-0.39, 0.29) is 41.8 Å². The minimum Gasteiger partial charge on any atom is -0.374 e. The second kappa shape index (κ2) is 11.7. The normalized spacial score (nSPS) is 12.2. The summed E-state index contributed by atoms with van der Waals surface area (Å²) in [5.74, 6) is -2.85. The van der Waals surface area contributed by atoms with Gasteiger partial charge in [-0.1, -0.05) is 30.3 Å². The highest BCUT2D eigenvalue weighted by Gasteiger charge is 2.13. The standard InChI is InChI=1S/C20H25F2N3O3S/c1-13-16(18(27)25-20(24-13)29-19(21)22)9-10-17(26)23-11-6-12-28-14(2)15-7-4-3-5-8-15/h3-5,7-8,14,19H,6,9-12H2,1-2H3,(H,23,26)(H,24,25,27). The Morgan fingerprint density at radius 1 is 1.31 bits per heavy atom. The van der Waals surface area contributed by atoms with Crippen LogP contribution in [0.3, 0.4) is 0 Å². The molecular weight excluding hydrogens is 400 g/mol. The van der Waals surface area contributed by atoms with E-state index >= 15 is 0 Å². The Morgan fingerprint density at radius 3 is 2.69 bits per heavy atom. The average molecular weight is 426 g/mol. The van der Waals surface area contributed by atoms with Gasteiger partial charge in [0.15, 0.2) is 5.16 Å². The number of halogens is 2. The van der Waals surface area contributed by atoms with Crippen molar-refractivity contribution in [2.45, 2.75) is 50.1 Å². The molecule has 0 aliphatic carbocycles. The second-order valence-corrected chi connectivity index (χ2v) is 7.42. The zero-order chi connectivity index (χ0) is 21.2. The number of alkyl halides is 2. The highest BCUT2D eigenvalue weighted by atomic mass is 32.2. The van der Waals surface area contributed by atoms with Gasteiger partial charge >= 0.3 is 0 Å². The Hall–Kier alpha value is -2.26. The first-order valence-corrected chi connectivity index (χ1v) is 10.2. The maximum Gasteiger partial charge on any atom is 0.291 e. The molecule has 1 heterocycles. The number of benzene rings is 1. The molecule has 158 valence electrons. The van der Waals surface area contributed by atoms with Gasteiger partial charge in [0.2, 0.25) is 5.91 Å². The maximum atomic E-state index is 12.4. The smallest absolute Gasteiger partial charge is 0.291 e. The van der Waals surface area contributed by atoms with Crippen LogP contribution in [0.5, 0.6) is 0 Å². The number of nitrogens with one attached hydrogen (secondary N) is 2. The Bertz CT molecular complexity index is 847. The van der Waals surface area contributed by atoms with Gasteiger partial charge in [0.25, 0.3) is 11.3 Å². The third kappa shape index (κ3) is 7.94. The molecule has 29 heavy (non-hydrogen) atoms. The van der Waals surface area contributed by atoms with E-state index in [1.165, 1.54) is 0 Å². The van der Waals surface area contributed by atoms with Gasteiger partial charge in [-0.3, -0.25) is 9.59 Å². The first kappa shape index (κ1) is 23.0. The van der Waals surface area contributed by atoms with Crippen LogP contribution in [0, 0.1) is 6.92 Å². The van der Waals surface area contributed by atoms with Crippen molar-refractivity contribution < 1.29 is 18.3 Å². The lowest BCUT2D eigenvalue weighted by molar-refractivity contribution is -0.121. The van der Waals surface area contributed by atoms with E-state index in [4.69, 9.17) is 4.74 Å². The van der Waals surface area contributed by atoms with Crippen LogP contribution in [-0.4, -0.2) is 34.8 Å². The van der Waals surface area contributed by atoms with E-state index in [1.54, 1.807) is 6.92 Å². The van der Waals surface area contributed by atoms with Crippen LogP contribution in [0.4, 0.5) is 8.78 Å². The lowest BCUT2D eigenvalue weighted by Gasteiger charge is -2.13. The zero-order valence-electron chi connectivity index (χ0n) is 16.4. The van der Waals surface area contributed by atoms with Crippen LogP contribution in [0.15, 0.2) is 40.3 Å². The van der Waals surface area contributed by atoms with Crippen LogP contribution >= 0.6 is 11.8 Å². The molecule has 0 bridgehead atoms. The highest BCUT2D eigenvalue weighted by Crippen LogP contribution is 2.21. The molecule has 0 saturated carbocycles. The van der Waals surface area contributed by atoms with Crippen molar-refractivity contribution in [2.24, 2.45) is 0 Å². The van der Waals surface area contributed by atoms with Crippen molar-refractivity contribution in [3.05, 3.63) is 57.5 Å². The van der Waals surface area contributed by atoms with E-state index in [0.717, 1.165) is 5.56 Å². The number of aromatic amines is 1. The number of thioether (sulfide) groups is 1. The predicted octanol–water partition coefficient (Wildman–Crippen LogP) is 3.61. The molecule has 0 radical (unpaired) electrons. The van der Waals surface area contributed by atoms with Gasteiger partial charge in [-0.2, -0.15) is 8.78 Å². The fourth-order valence-corrected chi connectivity index (χ4v) is 3.24. The van der Waals surface area contributed by atoms with Gasteiger partial charge in [0, 0.05) is 30.8 Å². The summed E-state index contributed by atoms with van der Waals surface area (Å²) in [6.45, 7) is 4.54. The van der Waals surface area contributed by atoms with Gasteiger partial charge in [0.1, 0.15) is 0 Å². The Labute approximate surface area is 172 Å². The summed E-state index contributed by atoms with van der Waals surface area (Å²) < 4.78 is 30.5. The number of rotatable bonds is 11. The van der Waals surface area contributed by atoms with Crippen molar-refractivity contribution in [1.82, 2.24) is 15.3 Å². The minimum atomic E-state index is -2.66. The average Bonchev–Trinajstić information content (AvgIpc) is 2.67. The molecule has 0 aliphatic rings. The first-order valence-electron chi connectivity index (χ1n) is 9.34. The summed E-state index contributed by atoms with van der Waals surface area (Å²) in [4.78, 5) is 30.3. The van der Waals surface area contributed by atoms with E-state index in [1.807, 2.05) is 37.3 Å². The topological polar surface area (TPSA) is 84.1 Å². The van der Waals surface area contributed by atoms with Crippen molar-refractivity contribution in [3.8, 4) is 0 Å². The molecule has 1 aromatic heterocycles. The number of hydrogen-bond acceptors (Lipinski definition) is 5. The lowest BCUT2D eigenvalue weighted by Crippen LogP contribution is -2.27. The van der Waals surface area contributed by atoms with Crippen LogP contribution < -0.4 is 10.9 Å². The van der Waals surface area contributed by atoms with Crippen molar-refractivity contribution in [3.63, 3.8) is 0 Å². The molecule has 9 heteroatoms. The van der Waals surface area contributed by atoms with E-state index in [0.29, 0.717) is 30.8 Å². The first-order chi connectivity index (χ1) is 13.9. The molecule has 0 spiro atoms. The van der Waals surface area contributed by atoms with Crippen LogP contribution in [0.2, 0.25) is 0 Å². The molecule has 0 fully saturated rings. The van der Waals surface area contributed by atoms with Gasteiger partial charge < -0.3 is 15.0 Å². The lowest BCUT2D eigenvalue weighted by atomic mass is 10.1. The molecule has 0 aliphatic heterocycles. The predicted molar refractivity (Wildman–Crippen MR) is 108 cm³/mol. The summed E-state index contributed by atoms with van der Waals surface area (Å²) in [5.41, 5.74) is 1.30. The number of aromatic nitrogens is 2. The van der Waals surface area contributed by atoms with Gasteiger partial charge in [0.05, 0.1) is 6.10 Å². The summed E-state index contributed by atoms with van der Waals surface area (Å²) in [5, 5.41) is 2.66. The van der Waals surface area contributed by atoms with Crippen molar-refractivity contribution >= 4 is 17.7 Å². The number of H-pyrrole nitrogens is 1.